The van der Waals surface area contributed by atoms with Gasteiger partial charge in [0.05, 0.1) is 22.2 Å². The van der Waals surface area contributed by atoms with Crippen molar-refractivity contribution in [1.82, 2.24) is 24.6 Å². The Morgan fingerprint density at radius 3 is 2.75 bits per heavy atom. The summed E-state index contributed by atoms with van der Waals surface area (Å²) in [4.78, 5) is 37.5. The molecule has 1 fully saturated rings. The van der Waals surface area contributed by atoms with Gasteiger partial charge in [-0.2, -0.15) is 5.10 Å². The number of aryl methyl sites for hydroxylation is 1. The number of fused-ring (bicyclic) bond motifs is 1. The number of nitrogens with zero attached hydrogens (tertiary/aromatic N) is 5. The lowest BCUT2D eigenvalue weighted by atomic mass is 10.1. The van der Waals surface area contributed by atoms with E-state index in [0.717, 1.165) is 17.7 Å². The Hall–Kier alpha value is -3.94. The molecule has 1 N–H and O–H groups in total. The van der Waals surface area contributed by atoms with E-state index in [2.05, 4.69) is 15.1 Å². The molecular weight excluding hydrogens is 404 g/mol. The van der Waals surface area contributed by atoms with Crippen LogP contribution in [-0.2, 0) is 0 Å². The standard InChI is InChI=1S/C24H24N6O2/c1-17-8-9-20-19(16-17)22(31)27-24(26-20)29-12-5-11-28(14-15-29)23(32)18-6-2-3-7-21(18)30-13-4-10-25-30/h2-4,6-10,13,16H,5,11-12,14-15H2,1H3,(H,26,27,31). The van der Waals surface area contributed by atoms with Gasteiger partial charge in [0.15, 0.2) is 0 Å². The molecule has 1 amide bonds. The minimum atomic E-state index is -0.140. The van der Waals surface area contributed by atoms with E-state index in [-0.39, 0.29) is 11.5 Å². The average molecular weight is 428 g/mol. The van der Waals surface area contributed by atoms with Crippen LogP contribution < -0.4 is 10.5 Å². The SMILES string of the molecule is Cc1ccc2nc(N3CCCN(C(=O)c4ccccc4-n4cccn4)CC3)[nH]c(=O)c2c1. The number of aromatic amines is 1. The molecule has 8 heteroatoms. The van der Waals surface area contributed by atoms with Crippen molar-refractivity contribution in [3.05, 3.63) is 82.4 Å². The summed E-state index contributed by atoms with van der Waals surface area (Å²) >= 11 is 0. The number of carbonyl (C=O) groups is 1. The molecule has 3 heterocycles. The molecule has 8 nitrogen and oxygen atoms in total. The summed E-state index contributed by atoms with van der Waals surface area (Å²) in [6, 6.07) is 15.0. The fourth-order valence-corrected chi connectivity index (χ4v) is 4.16. The topological polar surface area (TPSA) is 87.1 Å². The van der Waals surface area contributed by atoms with E-state index >= 15 is 0 Å². The second kappa shape index (κ2) is 8.30. The van der Waals surface area contributed by atoms with Crippen LogP contribution in [-0.4, -0.2) is 56.7 Å². The minimum Gasteiger partial charge on any atom is -0.340 e. The zero-order chi connectivity index (χ0) is 22.1. The number of rotatable bonds is 3. The van der Waals surface area contributed by atoms with E-state index in [4.69, 9.17) is 0 Å². The van der Waals surface area contributed by atoms with Crippen molar-refractivity contribution in [1.29, 1.82) is 0 Å². The Balaban J connectivity index is 1.37. The van der Waals surface area contributed by atoms with Crippen molar-refractivity contribution in [2.45, 2.75) is 13.3 Å². The van der Waals surface area contributed by atoms with Gasteiger partial charge < -0.3 is 9.80 Å². The molecule has 0 unspecified atom stereocenters. The van der Waals surface area contributed by atoms with E-state index in [1.165, 1.54) is 0 Å². The molecule has 0 bridgehead atoms. The number of amides is 1. The number of H-pyrrole nitrogens is 1. The average Bonchev–Trinajstić information content (AvgIpc) is 3.23. The van der Waals surface area contributed by atoms with Crippen LogP contribution in [0.25, 0.3) is 16.6 Å². The molecule has 0 spiro atoms. The molecule has 5 rings (SSSR count). The Labute approximate surface area is 185 Å². The van der Waals surface area contributed by atoms with Gasteiger partial charge in [0.1, 0.15) is 0 Å². The second-order valence-corrected chi connectivity index (χ2v) is 8.01. The van der Waals surface area contributed by atoms with Crippen molar-refractivity contribution in [3.63, 3.8) is 0 Å². The highest BCUT2D eigenvalue weighted by Gasteiger charge is 2.24. The van der Waals surface area contributed by atoms with E-state index in [1.54, 1.807) is 10.9 Å². The monoisotopic (exact) mass is 428 g/mol. The normalized spacial score (nSPS) is 14.5. The van der Waals surface area contributed by atoms with E-state index in [0.29, 0.717) is 48.6 Å². The number of hydrogen-bond donors (Lipinski definition) is 1. The number of nitrogens with one attached hydrogen (secondary N) is 1. The van der Waals surface area contributed by atoms with E-state index < -0.39 is 0 Å². The highest BCUT2D eigenvalue weighted by Crippen LogP contribution is 2.19. The lowest BCUT2D eigenvalue weighted by Crippen LogP contribution is -2.36. The zero-order valence-electron chi connectivity index (χ0n) is 17.9. The third-order valence-corrected chi connectivity index (χ3v) is 5.82. The number of benzene rings is 2. The van der Waals surface area contributed by atoms with Gasteiger partial charge in [-0.1, -0.05) is 23.8 Å². The molecule has 4 aromatic rings. The predicted octanol–water partition coefficient (Wildman–Crippen LogP) is 2.77. The summed E-state index contributed by atoms with van der Waals surface area (Å²) in [5, 5.41) is 4.87. The van der Waals surface area contributed by atoms with Gasteiger partial charge in [-0.3, -0.25) is 14.6 Å². The first kappa shape index (κ1) is 20.0. The summed E-state index contributed by atoms with van der Waals surface area (Å²) in [5.41, 5.74) is 2.95. The van der Waals surface area contributed by atoms with Gasteiger partial charge in [0.25, 0.3) is 11.5 Å². The highest BCUT2D eigenvalue weighted by atomic mass is 16.2. The van der Waals surface area contributed by atoms with Crippen LogP contribution in [0.15, 0.2) is 65.7 Å². The first-order valence-electron chi connectivity index (χ1n) is 10.7. The Kier molecular flexibility index (Phi) is 5.18. The highest BCUT2D eigenvalue weighted by molar-refractivity contribution is 5.97. The van der Waals surface area contributed by atoms with Crippen LogP contribution in [0.3, 0.4) is 0 Å². The van der Waals surface area contributed by atoms with Crippen LogP contribution >= 0.6 is 0 Å². The minimum absolute atomic E-state index is 0.0200. The largest absolute Gasteiger partial charge is 0.340 e. The molecule has 1 aliphatic heterocycles. The van der Waals surface area contributed by atoms with Crippen molar-refractivity contribution >= 4 is 22.8 Å². The molecule has 162 valence electrons. The first-order valence-corrected chi connectivity index (χ1v) is 10.7. The summed E-state index contributed by atoms with van der Waals surface area (Å²) in [6.45, 7) is 4.44. The van der Waals surface area contributed by atoms with Gasteiger partial charge in [-0.05, 0) is 43.7 Å². The Morgan fingerprint density at radius 1 is 1.03 bits per heavy atom. The molecule has 1 saturated heterocycles. The number of anilines is 1. The van der Waals surface area contributed by atoms with E-state index in [1.807, 2.05) is 71.5 Å². The smallest absolute Gasteiger partial charge is 0.260 e. The van der Waals surface area contributed by atoms with Gasteiger partial charge >= 0.3 is 0 Å². The molecule has 0 aliphatic carbocycles. The maximum atomic E-state index is 13.4. The van der Waals surface area contributed by atoms with Crippen LogP contribution in [0, 0.1) is 6.92 Å². The molecule has 1 aliphatic rings. The first-order chi connectivity index (χ1) is 15.6. The number of para-hydroxylation sites is 1. The predicted molar refractivity (Wildman–Crippen MR) is 123 cm³/mol. The van der Waals surface area contributed by atoms with Crippen LogP contribution in [0.2, 0.25) is 0 Å². The maximum Gasteiger partial charge on any atom is 0.260 e. The van der Waals surface area contributed by atoms with Crippen LogP contribution in [0.4, 0.5) is 5.95 Å². The Morgan fingerprint density at radius 2 is 1.91 bits per heavy atom. The maximum absolute atomic E-state index is 13.4. The molecule has 2 aromatic carbocycles. The summed E-state index contributed by atoms with van der Waals surface area (Å²) < 4.78 is 1.71. The lowest BCUT2D eigenvalue weighted by Gasteiger charge is -2.23. The zero-order valence-corrected chi connectivity index (χ0v) is 17.9. The molecular formula is C24H24N6O2. The van der Waals surface area contributed by atoms with Gasteiger partial charge in [0.2, 0.25) is 5.95 Å². The molecule has 0 saturated carbocycles. The second-order valence-electron chi connectivity index (χ2n) is 8.01. The fraction of sp³-hybridized carbons (Fsp3) is 0.250. The van der Waals surface area contributed by atoms with Crippen molar-refractivity contribution in [2.75, 3.05) is 31.1 Å². The number of hydrogen-bond acceptors (Lipinski definition) is 5. The van der Waals surface area contributed by atoms with Gasteiger partial charge in [-0.25, -0.2) is 9.67 Å². The third-order valence-electron chi connectivity index (χ3n) is 5.82. The number of aromatic nitrogens is 4. The number of carbonyl (C=O) groups excluding carboxylic acids is 1. The van der Waals surface area contributed by atoms with E-state index in [9.17, 15) is 9.59 Å². The lowest BCUT2D eigenvalue weighted by molar-refractivity contribution is 0.0767. The molecule has 2 aromatic heterocycles. The molecule has 0 atom stereocenters. The van der Waals surface area contributed by atoms with Gasteiger partial charge in [-0.15, -0.1) is 0 Å². The van der Waals surface area contributed by atoms with Crippen molar-refractivity contribution < 1.29 is 4.79 Å². The summed E-state index contributed by atoms with van der Waals surface area (Å²) in [5.74, 6) is 0.533. The van der Waals surface area contributed by atoms with Crippen LogP contribution in [0.1, 0.15) is 22.3 Å². The van der Waals surface area contributed by atoms with Gasteiger partial charge in [0, 0.05) is 38.6 Å². The fourth-order valence-electron chi connectivity index (χ4n) is 4.16. The summed E-state index contributed by atoms with van der Waals surface area (Å²) in [6.07, 6.45) is 4.31. The van der Waals surface area contributed by atoms with Crippen LogP contribution in [0.5, 0.6) is 0 Å². The third kappa shape index (κ3) is 3.75. The van der Waals surface area contributed by atoms with Crippen molar-refractivity contribution in [3.8, 4) is 5.69 Å². The molecule has 32 heavy (non-hydrogen) atoms. The molecule has 0 radical (unpaired) electrons. The summed E-state index contributed by atoms with van der Waals surface area (Å²) in [7, 11) is 0. The van der Waals surface area contributed by atoms with Crippen molar-refractivity contribution in [2.24, 2.45) is 0 Å². The Bertz CT molecular complexity index is 1330. The quantitative estimate of drug-likeness (QED) is 0.542.